The van der Waals surface area contributed by atoms with E-state index in [1.165, 1.54) is 16.0 Å². The van der Waals surface area contributed by atoms with Crippen LogP contribution in [0.5, 0.6) is 0 Å². The van der Waals surface area contributed by atoms with E-state index in [0.29, 0.717) is 0 Å². The number of nitrogens with one attached hydrogen (secondary N) is 1. The minimum absolute atomic E-state index is 0.138. The fourth-order valence-corrected chi connectivity index (χ4v) is 3.87. The molecule has 0 fully saturated rings. The molecule has 2 aromatic rings. The van der Waals surface area contributed by atoms with E-state index in [-0.39, 0.29) is 11.4 Å². The van der Waals surface area contributed by atoms with Gasteiger partial charge in [0.15, 0.2) is 0 Å². The Morgan fingerprint density at radius 2 is 2.16 bits per heavy atom. The first kappa shape index (κ1) is 13.1. The van der Waals surface area contributed by atoms with Crippen LogP contribution in [0.15, 0.2) is 24.3 Å². The van der Waals surface area contributed by atoms with Gasteiger partial charge in [0, 0.05) is 17.5 Å². The SMILES string of the molecule is Cc1nc(CNC2c3ccccc3CC2Cl)sc1C. The molecule has 2 atom stereocenters. The summed E-state index contributed by atoms with van der Waals surface area (Å²) < 4.78 is 0. The van der Waals surface area contributed by atoms with Gasteiger partial charge in [-0.1, -0.05) is 24.3 Å². The van der Waals surface area contributed by atoms with E-state index >= 15 is 0 Å². The molecule has 19 heavy (non-hydrogen) atoms. The van der Waals surface area contributed by atoms with E-state index in [1.54, 1.807) is 11.3 Å². The van der Waals surface area contributed by atoms with Gasteiger partial charge in [-0.3, -0.25) is 0 Å². The highest BCUT2D eigenvalue weighted by Gasteiger charge is 2.30. The molecular weight excluding hydrogens is 276 g/mol. The third-order valence-corrected chi connectivity index (χ3v) is 5.19. The van der Waals surface area contributed by atoms with Crippen LogP contribution in [0.2, 0.25) is 0 Å². The largest absolute Gasteiger partial charge is 0.302 e. The van der Waals surface area contributed by atoms with Crippen molar-refractivity contribution in [3.05, 3.63) is 51.0 Å². The van der Waals surface area contributed by atoms with E-state index in [1.807, 2.05) is 0 Å². The highest BCUT2D eigenvalue weighted by atomic mass is 35.5. The van der Waals surface area contributed by atoms with Crippen LogP contribution in [0.25, 0.3) is 0 Å². The number of hydrogen-bond donors (Lipinski definition) is 1. The average Bonchev–Trinajstić information content (AvgIpc) is 2.87. The summed E-state index contributed by atoms with van der Waals surface area (Å²) in [7, 11) is 0. The van der Waals surface area contributed by atoms with Gasteiger partial charge in [0.1, 0.15) is 5.01 Å². The summed E-state index contributed by atoms with van der Waals surface area (Å²) in [6.45, 7) is 4.97. The van der Waals surface area contributed by atoms with Crippen LogP contribution in [0.1, 0.15) is 32.7 Å². The van der Waals surface area contributed by atoms with Gasteiger partial charge in [0.05, 0.1) is 11.1 Å². The number of fused-ring (bicyclic) bond motifs is 1. The molecule has 0 saturated carbocycles. The molecule has 3 rings (SSSR count). The van der Waals surface area contributed by atoms with Crippen LogP contribution >= 0.6 is 22.9 Å². The van der Waals surface area contributed by atoms with E-state index in [9.17, 15) is 0 Å². The summed E-state index contributed by atoms with van der Waals surface area (Å²) in [6, 6.07) is 8.75. The molecule has 4 heteroatoms. The summed E-state index contributed by atoms with van der Waals surface area (Å²) in [5, 5.41) is 4.84. The molecular formula is C15H17ClN2S. The lowest BCUT2D eigenvalue weighted by Gasteiger charge is -2.16. The average molecular weight is 293 g/mol. The highest BCUT2D eigenvalue weighted by molar-refractivity contribution is 7.11. The number of aromatic nitrogens is 1. The summed E-state index contributed by atoms with van der Waals surface area (Å²) in [5.41, 5.74) is 3.84. The van der Waals surface area contributed by atoms with Crippen LogP contribution in [0.3, 0.4) is 0 Å². The monoisotopic (exact) mass is 292 g/mol. The molecule has 0 radical (unpaired) electrons. The lowest BCUT2D eigenvalue weighted by atomic mass is 10.1. The first-order valence-corrected chi connectivity index (χ1v) is 7.78. The number of aryl methyl sites for hydroxylation is 2. The number of hydrogen-bond acceptors (Lipinski definition) is 3. The molecule has 1 aromatic carbocycles. The van der Waals surface area contributed by atoms with Crippen molar-refractivity contribution >= 4 is 22.9 Å². The fourth-order valence-electron chi connectivity index (χ4n) is 2.60. The predicted molar refractivity (Wildman–Crippen MR) is 81.0 cm³/mol. The maximum atomic E-state index is 6.47. The third kappa shape index (κ3) is 2.55. The van der Waals surface area contributed by atoms with Gasteiger partial charge >= 0.3 is 0 Å². The third-order valence-electron chi connectivity index (χ3n) is 3.71. The first-order chi connectivity index (χ1) is 9.15. The Morgan fingerprint density at radius 3 is 2.89 bits per heavy atom. The van der Waals surface area contributed by atoms with E-state index in [2.05, 4.69) is 48.4 Å². The Morgan fingerprint density at radius 1 is 1.37 bits per heavy atom. The van der Waals surface area contributed by atoms with Gasteiger partial charge in [-0.15, -0.1) is 22.9 Å². The minimum Gasteiger partial charge on any atom is -0.302 e. The number of nitrogens with zero attached hydrogens (tertiary/aromatic N) is 1. The molecule has 0 amide bonds. The quantitative estimate of drug-likeness (QED) is 0.872. The van der Waals surface area contributed by atoms with Gasteiger partial charge in [0.2, 0.25) is 0 Å². The summed E-state index contributed by atoms with van der Waals surface area (Å²) in [6.07, 6.45) is 0.950. The van der Waals surface area contributed by atoms with Crippen molar-refractivity contribution in [3.63, 3.8) is 0 Å². The zero-order valence-corrected chi connectivity index (χ0v) is 12.7. The minimum atomic E-state index is 0.138. The van der Waals surface area contributed by atoms with E-state index in [0.717, 1.165) is 23.7 Å². The molecule has 2 nitrogen and oxygen atoms in total. The number of benzene rings is 1. The fraction of sp³-hybridized carbons (Fsp3) is 0.400. The molecule has 0 saturated heterocycles. The van der Waals surface area contributed by atoms with Gasteiger partial charge in [0.25, 0.3) is 0 Å². The smallest absolute Gasteiger partial charge is 0.107 e. The molecule has 1 N–H and O–H groups in total. The molecule has 1 aromatic heterocycles. The number of alkyl halides is 1. The molecule has 0 spiro atoms. The number of rotatable bonds is 3. The Kier molecular flexibility index (Phi) is 3.61. The van der Waals surface area contributed by atoms with Gasteiger partial charge in [-0.05, 0) is 31.4 Å². The zero-order valence-electron chi connectivity index (χ0n) is 11.1. The van der Waals surface area contributed by atoms with Gasteiger partial charge < -0.3 is 5.32 Å². The number of halogens is 1. The lowest BCUT2D eigenvalue weighted by molar-refractivity contribution is 0.535. The topological polar surface area (TPSA) is 24.9 Å². The Balaban J connectivity index is 1.73. The number of thiazole rings is 1. The van der Waals surface area contributed by atoms with Gasteiger partial charge in [-0.2, -0.15) is 0 Å². The van der Waals surface area contributed by atoms with Crippen molar-refractivity contribution in [1.82, 2.24) is 10.3 Å². The van der Waals surface area contributed by atoms with Crippen LogP contribution in [-0.4, -0.2) is 10.4 Å². The van der Waals surface area contributed by atoms with Crippen LogP contribution in [0.4, 0.5) is 0 Å². The highest BCUT2D eigenvalue weighted by Crippen LogP contribution is 2.35. The van der Waals surface area contributed by atoms with Crippen molar-refractivity contribution in [1.29, 1.82) is 0 Å². The molecule has 0 aliphatic heterocycles. The maximum absolute atomic E-state index is 6.47. The predicted octanol–water partition coefficient (Wildman–Crippen LogP) is 3.75. The lowest BCUT2D eigenvalue weighted by Crippen LogP contribution is -2.25. The van der Waals surface area contributed by atoms with Gasteiger partial charge in [-0.25, -0.2) is 4.98 Å². The Hall–Kier alpha value is -0.900. The molecule has 1 aliphatic rings. The summed E-state index contributed by atoms with van der Waals surface area (Å²) >= 11 is 8.23. The summed E-state index contributed by atoms with van der Waals surface area (Å²) in [5.74, 6) is 0. The molecule has 100 valence electrons. The Labute approximate surface area is 122 Å². The van der Waals surface area contributed by atoms with Crippen molar-refractivity contribution in [3.8, 4) is 0 Å². The second-order valence-corrected chi connectivity index (χ2v) is 6.88. The van der Waals surface area contributed by atoms with Crippen LogP contribution < -0.4 is 5.32 Å². The van der Waals surface area contributed by atoms with Crippen molar-refractivity contribution in [2.45, 2.75) is 38.2 Å². The molecule has 2 unspecified atom stereocenters. The van der Waals surface area contributed by atoms with Crippen LogP contribution in [0, 0.1) is 13.8 Å². The van der Waals surface area contributed by atoms with Crippen LogP contribution in [-0.2, 0) is 13.0 Å². The Bertz CT molecular complexity index is 574. The second-order valence-electron chi connectivity index (χ2n) is 5.03. The zero-order chi connectivity index (χ0) is 13.4. The maximum Gasteiger partial charge on any atom is 0.107 e. The molecule has 0 bridgehead atoms. The summed E-state index contributed by atoms with van der Waals surface area (Å²) in [4.78, 5) is 5.86. The molecule has 1 aliphatic carbocycles. The van der Waals surface area contributed by atoms with Crippen molar-refractivity contribution in [2.75, 3.05) is 0 Å². The molecule has 1 heterocycles. The van der Waals surface area contributed by atoms with Crippen molar-refractivity contribution in [2.24, 2.45) is 0 Å². The van der Waals surface area contributed by atoms with E-state index < -0.39 is 0 Å². The van der Waals surface area contributed by atoms with Crippen molar-refractivity contribution < 1.29 is 0 Å². The van der Waals surface area contributed by atoms with E-state index in [4.69, 9.17) is 11.6 Å². The second kappa shape index (κ2) is 5.23. The first-order valence-electron chi connectivity index (χ1n) is 6.53. The standard InChI is InChI=1S/C15H17ClN2S/c1-9-10(2)19-14(18-9)8-17-15-12-6-4-3-5-11(12)7-13(15)16/h3-6,13,15,17H,7-8H2,1-2H3. The normalized spacial score (nSPS) is 21.6.